The van der Waals surface area contributed by atoms with Crippen LogP contribution in [-0.4, -0.2) is 17.2 Å². The summed E-state index contributed by atoms with van der Waals surface area (Å²) in [7, 11) is 1.53. The summed E-state index contributed by atoms with van der Waals surface area (Å²) in [5.41, 5.74) is 7.78. The van der Waals surface area contributed by atoms with Gasteiger partial charge in [0.25, 0.3) is 0 Å². The maximum Gasteiger partial charge on any atom is 0.213 e. The first-order valence-electron chi connectivity index (χ1n) is 4.84. The highest BCUT2D eigenvalue weighted by molar-refractivity contribution is 7.20. The second-order valence-electron chi connectivity index (χ2n) is 3.38. The molecule has 0 aliphatic rings. The lowest BCUT2D eigenvalue weighted by atomic mass is 10.1. The molecule has 6 heteroatoms. The number of pyridine rings is 1. The first kappa shape index (κ1) is 12.2. The molecule has 90 valence electrons. The van der Waals surface area contributed by atoms with Crippen LogP contribution in [0.15, 0.2) is 18.3 Å². The van der Waals surface area contributed by atoms with Crippen LogP contribution in [0.2, 0.25) is 4.34 Å². The fourth-order valence-electron chi connectivity index (χ4n) is 1.46. The number of rotatable bonds is 3. The Labute approximate surface area is 108 Å². The van der Waals surface area contributed by atoms with E-state index in [1.807, 2.05) is 0 Å². The van der Waals surface area contributed by atoms with Crippen molar-refractivity contribution < 1.29 is 9.84 Å². The van der Waals surface area contributed by atoms with Crippen LogP contribution in [0.3, 0.4) is 0 Å². The molecule has 0 aliphatic heterocycles. The quantitative estimate of drug-likeness (QED) is 0.899. The predicted octanol–water partition coefficient (Wildman–Crippen LogP) is 2.55. The summed E-state index contributed by atoms with van der Waals surface area (Å²) in [5, 5.41) is 9.33. The van der Waals surface area contributed by atoms with Gasteiger partial charge in [0.2, 0.25) is 5.88 Å². The Hall–Kier alpha value is -1.30. The fourth-order valence-corrected chi connectivity index (χ4v) is 2.61. The molecule has 0 unspecified atom stereocenters. The van der Waals surface area contributed by atoms with Crippen molar-refractivity contribution in [3.63, 3.8) is 0 Å². The van der Waals surface area contributed by atoms with Crippen molar-refractivity contribution >= 4 is 28.6 Å². The van der Waals surface area contributed by atoms with E-state index in [0.29, 0.717) is 15.9 Å². The molecule has 0 fully saturated rings. The average Bonchev–Trinajstić information content (AvgIpc) is 2.68. The number of halogens is 1. The van der Waals surface area contributed by atoms with Crippen LogP contribution >= 0.6 is 22.9 Å². The third kappa shape index (κ3) is 2.36. The molecular formula is C11H11ClN2O2S. The van der Waals surface area contributed by atoms with E-state index < -0.39 is 0 Å². The molecular weight excluding hydrogens is 260 g/mol. The van der Waals surface area contributed by atoms with Gasteiger partial charge in [0.15, 0.2) is 0 Å². The number of aliphatic hydroxyl groups is 1. The molecule has 2 aromatic heterocycles. The molecule has 0 atom stereocenters. The fraction of sp³-hybridized carbons (Fsp3) is 0.182. The van der Waals surface area contributed by atoms with Crippen molar-refractivity contribution in [2.24, 2.45) is 0 Å². The van der Waals surface area contributed by atoms with Crippen LogP contribution in [0.5, 0.6) is 5.88 Å². The number of thiophene rings is 1. The van der Waals surface area contributed by atoms with Gasteiger partial charge in [-0.25, -0.2) is 4.98 Å². The smallest absolute Gasteiger partial charge is 0.213 e. The number of nitrogens with zero attached hydrogens (tertiary/aromatic N) is 1. The molecule has 0 bridgehead atoms. The van der Waals surface area contributed by atoms with Gasteiger partial charge in [-0.05, 0) is 11.6 Å². The molecule has 0 saturated carbocycles. The SMILES string of the molecule is COc1cc(CO)c(-c2cc(N)c(Cl)s2)cn1. The summed E-state index contributed by atoms with van der Waals surface area (Å²) < 4.78 is 5.55. The summed E-state index contributed by atoms with van der Waals surface area (Å²) in [6, 6.07) is 3.47. The molecule has 0 aromatic carbocycles. The molecule has 3 N–H and O–H groups in total. The van der Waals surface area contributed by atoms with Gasteiger partial charge in [0.1, 0.15) is 4.34 Å². The Morgan fingerprint density at radius 1 is 1.53 bits per heavy atom. The van der Waals surface area contributed by atoms with Gasteiger partial charge >= 0.3 is 0 Å². The lowest BCUT2D eigenvalue weighted by Gasteiger charge is -2.06. The van der Waals surface area contributed by atoms with Crippen molar-refractivity contribution in [1.29, 1.82) is 0 Å². The van der Waals surface area contributed by atoms with Gasteiger partial charge in [-0.2, -0.15) is 0 Å². The van der Waals surface area contributed by atoms with Crippen molar-refractivity contribution in [3.05, 3.63) is 28.2 Å². The van der Waals surface area contributed by atoms with E-state index in [-0.39, 0.29) is 6.61 Å². The minimum atomic E-state index is -0.0936. The van der Waals surface area contributed by atoms with Crippen LogP contribution in [0.25, 0.3) is 10.4 Å². The Kier molecular flexibility index (Phi) is 3.51. The first-order valence-corrected chi connectivity index (χ1v) is 6.04. The lowest BCUT2D eigenvalue weighted by molar-refractivity contribution is 0.281. The number of ether oxygens (including phenoxy) is 1. The molecule has 2 aromatic rings. The maximum absolute atomic E-state index is 9.33. The topological polar surface area (TPSA) is 68.4 Å². The number of hydrogen-bond donors (Lipinski definition) is 2. The van der Waals surface area contributed by atoms with Crippen molar-refractivity contribution in [2.75, 3.05) is 12.8 Å². The van der Waals surface area contributed by atoms with E-state index in [1.54, 1.807) is 18.3 Å². The van der Waals surface area contributed by atoms with E-state index in [1.165, 1.54) is 18.4 Å². The number of nitrogens with two attached hydrogens (primary N) is 1. The number of methoxy groups -OCH3 is 1. The van der Waals surface area contributed by atoms with E-state index in [2.05, 4.69) is 4.98 Å². The zero-order chi connectivity index (χ0) is 12.4. The molecule has 0 aliphatic carbocycles. The van der Waals surface area contributed by atoms with E-state index in [4.69, 9.17) is 22.1 Å². The normalized spacial score (nSPS) is 10.5. The third-order valence-electron chi connectivity index (χ3n) is 2.32. The van der Waals surface area contributed by atoms with Gasteiger partial charge in [0, 0.05) is 22.7 Å². The maximum atomic E-state index is 9.33. The number of nitrogen functional groups attached to an aromatic ring is 1. The summed E-state index contributed by atoms with van der Waals surface area (Å²) in [6.07, 6.45) is 1.64. The molecule has 0 spiro atoms. The van der Waals surface area contributed by atoms with Crippen molar-refractivity contribution in [2.45, 2.75) is 6.61 Å². The van der Waals surface area contributed by atoms with E-state index >= 15 is 0 Å². The highest BCUT2D eigenvalue weighted by Crippen LogP contribution is 2.38. The minimum Gasteiger partial charge on any atom is -0.481 e. The summed E-state index contributed by atoms with van der Waals surface area (Å²) in [6.45, 7) is -0.0936. The first-order chi connectivity index (χ1) is 8.15. The lowest BCUT2D eigenvalue weighted by Crippen LogP contribution is -1.93. The number of hydrogen-bond acceptors (Lipinski definition) is 5. The number of anilines is 1. The second-order valence-corrected chi connectivity index (χ2v) is 5.04. The largest absolute Gasteiger partial charge is 0.481 e. The van der Waals surface area contributed by atoms with Crippen LogP contribution < -0.4 is 10.5 Å². The Balaban J connectivity index is 2.51. The van der Waals surface area contributed by atoms with Crippen molar-refractivity contribution in [1.82, 2.24) is 4.98 Å². The van der Waals surface area contributed by atoms with Crippen LogP contribution in [0.4, 0.5) is 5.69 Å². The predicted molar refractivity (Wildman–Crippen MR) is 69.4 cm³/mol. The highest BCUT2D eigenvalue weighted by Gasteiger charge is 2.11. The Bertz CT molecular complexity index is 523. The molecule has 17 heavy (non-hydrogen) atoms. The van der Waals surface area contributed by atoms with E-state index in [0.717, 1.165) is 16.0 Å². The molecule has 0 saturated heterocycles. The van der Waals surface area contributed by atoms with Crippen LogP contribution in [0, 0.1) is 0 Å². The third-order valence-corrected chi connectivity index (χ3v) is 3.74. The van der Waals surface area contributed by atoms with Crippen LogP contribution in [-0.2, 0) is 6.61 Å². The van der Waals surface area contributed by atoms with Crippen molar-refractivity contribution in [3.8, 4) is 16.3 Å². The average molecular weight is 271 g/mol. The van der Waals surface area contributed by atoms with Gasteiger partial charge < -0.3 is 15.6 Å². The molecule has 2 heterocycles. The zero-order valence-electron chi connectivity index (χ0n) is 9.11. The summed E-state index contributed by atoms with van der Waals surface area (Å²) >= 11 is 7.28. The standard InChI is InChI=1S/C11H11ClN2O2S/c1-16-10-2-6(5-15)7(4-14-10)9-3-8(13)11(12)17-9/h2-4,15H,5,13H2,1H3. The monoisotopic (exact) mass is 270 g/mol. The Morgan fingerprint density at radius 3 is 2.82 bits per heavy atom. The molecule has 4 nitrogen and oxygen atoms in total. The summed E-state index contributed by atoms with van der Waals surface area (Å²) in [4.78, 5) is 4.99. The second kappa shape index (κ2) is 4.91. The van der Waals surface area contributed by atoms with Crippen LogP contribution in [0.1, 0.15) is 5.56 Å². The molecule has 0 radical (unpaired) electrons. The number of aliphatic hydroxyl groups excluding tert-OH is 1. The van der Waals surface area contributed by atoms with Gasteiger partial charge in [-0.1, -0.05) is 11.6 Å². The Morgan fingerprint density at radius 2 is 2.29 bits per heavy atom. The summed E-state index contributed by atoms with van der Waals surface area (Å²) in [5.74, 6) is 0.466. The minimum absolute atomic E-state index is 0.0936. The van der Waals surface area contributed by atoms with E-state index in [9.17, 15) is 5.11 Å². The zero-order valence-corrected chi connectivity index (χ0v) is 10.7. The van der Waals surface area contributed by atoms with Gasteiger partial charge in [-0.3, -0.25) is 0 Å². The molecule has 2 rings (SSSR count). The highest BCUT2D eigenvalue weighted by atomic mass is 35.5. The van der Waals surface area contributed by atoms with Gasteiger partial charge in [-0.15, -0.1) is 11.3 Å². The molecule has 0 amide bonds. The number of aromatic nitrogens is 1. The van der Waals surface area contributed by atoms with Gasteiger partial charge in [0.05, 0.1) is 19.4 Å².